The van der Waals surface area contributed by atoms with Crippen LogP contribution < -0.4 is 0 Å². The topological polar surface area (TPSA) is 37.4 Å². The van der Waals surface area contributed by atoms with Gasteiger partial charge in [0.05, 0.1) is 6.04 Å². The molecule has 70 valence electrons. The third kappa shape index (κ3) is 3.51. The van der Waals surface area contributed by atoms with Crippen LogP contribution in [0.2, 0.25) is 0 Å². The monoisotopic (exact) mass is 171 g/mol. The second kappa shape index (κ2) is 4.91. The smallest absolute Gasteiger partial charge is 0.219 e. The molecule has 1 atom stereocenters. The van der Waals surface area contributed by atoms with E-state index in [-0.39, 0.29) is 11.9 Å². The van der Waals surface area contributed by atoms with Gasteiger partial charge in [-0.25, -0.2) is 0 Å². The molecule has 0 aromatic rings. The second-order valence-corrected chi connectivity index (χ2v) is 3.46. The normalized spacial score (nSPS) is 12.8. The molecule has 0 N–H and O–H groups in total. The first-order valence-electron chi connectivity index (χ1n) is 4.17. The van der Waals surface area contributed by atoms with Crippen LogP contribution in [0.4, 0.5) is 0 Å². The van der Waals surface area contributed by atoms with Crippen LogP contribution in [-0.2, 0) is 9.59 Å². The van der Waals surface area contributed by atoms with Gasteiger partial charge in [-0.1, -0.05) is 13.8 Å². The lowest BCUT2D eigenvalue weighted by Crippen LogP contribution is -2.37. The van der Waals surface area contributed by atoms with Crippen molar-refractivity contribution in [1.29, 1.82) is 0 Å². The first-order chi connectivity index (χ1) is 5.49. The molecule has 0 bridgehead atoms. The molecule has 0 unspecified atom stereocenters. The minimum absolute atomic E-state index is 0.0623. The summed E-state index contributed by atoms with van der Waals surface area (Å²) in [6.07, 6.45) is 1.57. The van der Waals surface area contributed by atoms with E-state index in [0.717, 1.165) is 12.7 Å². The van der Waals surface area contributed by atoms with Crippen molar-refractivity contribution in [3.63, 3.8) is 0 Å². The Morgan fingerprint density at radius 2 is 2.00 bits per heavy atom. The minimum atomic E-state index is -0.262. The Bertz CT molecular complexity index is 166. The van der Waals surface area contributed by atoms with E-state index < -0.39 is 0 Å². The fourth-order valence-electron chi connectivity index (χ4n) is 1.02. The molecular weight excluding hydrogens is 154 g/mol. The van der Waals surface area contributed by atoms with E-state index in [1.165, 1.54) is 11.8 Å². The Labute approximate surface area is 73.7 Å². The van der Waals surface area contributed by atoms with Gasteiger partial charge in [0.15, 0.2) is 0 Å². The molecule has 0 radical (unpaired) electrons. The Morgan fingerprint density at radius 1 is 1.50 bits per heavy atom. The molecule has 1 amide bonds. The third-order valence-electron chi connectivity index (χ3n) is 1.86. The largest absolute Gasteiger partial charge is 0.336 e. The maximum Gasteiger partial charge on any atom is 0.219 e. The summed E-state index contributed by atoms with van der Waals surface area (Å²) in [5, 5.41) is 0. The Kier molecular flexibility index (Phi) is 4.55. The van der Waals surface area contributed by atoms with Crippen LogP contribution in [-0.4, -0.2) is 30.2 Å². The van der Waals surface area contributed by atoms with Crippen LogP contribution in [0.15, 0.2) is 0 Å². The van der Waals surface area contributed by atoms with Crippen LogP contribution in [0.3, 0.4) is 0 Å². The summed E-state index contributed by atoms with van der Waals surface area (Å²) in [7, 11) is 1.66. The summed E-state index contributed by atoms with van der Waals surface area (Å²) >= 11 is 0. The number of hydrogen-bond acceptors (Lipinski definition) is 2. The van der Waals surface area contributed by atoms with E-state index in [0.29, 0.717) is 5.92 Å². The first-order valence-corrected chi connectivity index (χ1v) is 4.17. The van der Waals surface area contributed by atoms with Gasteiger partial charge in [0.1, 0.15) is 6.29 Å². The molecule has 0 fully saturated rings. The molecule has 0 rings (SSSR count). The highest BCUT2D eigenvalue weighted by atomic mass is 16.2. The zero-order chi connectivity index (χ0) is 9.72. The second-order valence-electron chi connectivity index (χ2n) is 3.46. The van der Waals surface area contributed by atoms with Crippen molar-refractivity contribution in [2.75, 3.05) is 7.05 Å². The summed E-state index contributed by atoms with van der Waals surface area (Å²) in [5.41, 5.74) is 0. The zero-order valence-electron chi connectivity index (χ0n) is 8.20. The van der Waals surface area contributed by atoms with Crippen molar-refractivity contribution < 1.29 is 9.59 Å². The molecule has 12 heavy (non-hydrogen) atoms. The predicted octanol–water partition coefficient (Wildman–Crippen LogP) is 1.08. The Balaban J connectivity index is 4.14. The van der Waals surface area contributed by atoms with Crippen LogP contribution in [0.25, 0.3) is 0 Å². The summed E-state index contributed by atoms with van der Waals surface area (Å²) in [4.78, 5) is 23.0. The molecule has 0 aromatic carbocycles. The lowest BCUT2D eigenvalue weighted by atomic mass is 10.0. The van der Waals surface area contributed by atoms with Crippen LogP contribution in [0.5, 0.6) is 0 Å². The molecule has 0 saturated carbocycles. The number of aldehydes is 1. The number of amides is 1. The van der Waals surface area contributed by atoms with E-state index in [4.69, 9.17) is 0 Å². The van der Waals surface area contributed by atoms with Gasteiger partial charge in [-0.15, -0.1) is 0 Å². The first kappa shape index (κ1) is 11.1. The molecule has 0 aliphatic carbocycles. The van der Waals surface area contributed by atoms with Crippen molar-refractivity contribution in [2.24, 2.45) is 5.92 Å². The zero-order valence-corrected chi connectivity index (χ0v) is 8.20. The van der Waals surface area contributed by atoms with Gasteiger partial charge < -0.3 is 9.69 Å². The summed E-state index contributed by atoms with van der Waals surface area (Å²) in [6, 6.07) is -0.262. The number of carbonyl (C=O) groups is 2. The quantitative estimate of drug-likeness (QED) is 0.593. The average Bonchev–Trinajstić information content (AvgIpc) is 1.98. The Hall–Kier alpha value is -0.860. The van der Waals surface area contributed by atoms with Crippen molar-refractivity contribution in [3.8, 4) is 0 Å². The van der Waals surface area contributed by atoms with Gasteiger partial charge in [0.2, 0.25) is 5.91 Å². The highest BCUT2D eigenvalue weighted by molar-refractivity contribution is 5.77. The van der Waals surface area contributed by atoms with Crippen molar-refractivity contribution in [3.05, 3.63) is 0 Å². The highest BCUT2D eigenvalue weighted by Gasteiger charge is 2.16. The van der Waals surface area contributed by atoms with Crippen molar-refractivity contribution in [1.82, 2.24) is 4.90 Å². The predicted molar refractivity (Wildman–Crippen MR) is 47.8 cm³/mol. The van der Waals surface area contributed by atoms with Gasteiger partial charge in [0, 0.05) is 14.0 Å². The van der Waals surface area contributed by atoms with E-state index in [1.807, 2.05) is 13.8 Å². The fourth-order valence-corrected chi connectivity index (χ4v) is 1.02. The van der Waals surface area contributed by atoms with Crippen LogP contribution in [0.1, 0.15) is 27.2 Å². The van der Waals surface area contributed by atoms with Gasteiger partial charge in [-0.2, -0.15) is 0 Å². The standard InChI is InChI=1S/C9H17NO2/c1-7(2)5-9(6-11)10(4)8(3)12/h6-7,9H,5H2,1-4H3/t9-/m0/s1. The van der Waals surface area contributed by atoms with E-state index in [9.17, 15) is 9.59 Å². The molecule has 0 heterocycles. The van der Waals surface area contributed by atoms with Crippen LogP contribution in [0, 0.1) is 5.92 Å². The molecule has 3 nitrogen and oxygen atoms in total. The van der Waals surface area contributed by atoms with E-state index in [1.54, 1.807) is 7.05 Å². The minimum Gasteiger partial charge on any atom is -0.336 e. The number of hydrogen-bond donors (Lipinski definition) is 0. The number of nitrogens with zero attached hydrogens (tertiary/aromatic N) is 1. The van der Waals surface area contributed by atoms with E-state index in [2.05, 4.69) is 0 Å². The number of rotatable bonds is 4. The SMILES string of the molecule is CC(=O)N(C)[C@H](C=O)CC(C)C. The van der Waals surface area contributed by atoms with Crippen LogP contribution >= 0.6 is 0 Å². The lowest BCUT2D eigenvalue weighted by Gasteiger charge is -2.23. The molecule has 0 aliphatic heterocycles. The fraction of sp³-hybridized carbons (Fsp3) is 0.778. The average molecular weight is 171 g/mol. The lowest BCUT2D eigenvalue weighted by molar-refractivity contribution is -0.133. The molecule has 0 aliphatic rings. The Morgan fingerprint density at radius 3 is 2.25 bits per heavy atom. The summed E-state index contributed by atoms with van der Waals surface area (Å²) in [5.74, 6) is 0.370. The van der Waals surface area contributed by atoms with Gasteiger partial charge in [0.25, 0.3) is 0 Å². The summed E-state index contributed by atoms with van der Waals surface area (Å²) in [6.45, 7) is 5.53. The van der Waals surface area contributed by atoms with Gasteiger partial charge in [-0.05, 0) is 12.3 Å². The number of carbonyl (C=O) groups excluding carboxylic acids is 2. The molecule has 0 aromatic heterocycles. The van der Waals surface area contributed by atoms with Gasteiger partial charge in [-0.3, -0.25) is 4.79 Å². The maximum absolute atomic E-state index is 10.9. The summed E-state index contributed by atoms with van der Waals surface area (Å²) < 4.78 is 0. The number of likely N-dealkylation sites (N-methyl/N-ethyl adjacent to an activating group) is 1. The third-order valence-corrected chi connectivity index (χ3v) is 1.86. The van der Waals surface area contributed by atoms with Crippen molar-refractivity contribution >= 4 is 12.2 Å². The molecule has 0 saturated heterocycles. The maximum atomic E-state index is 10.9. The highest BCUT2D eigenvalue weighted by Crippen LogP contribution is 2.08. The molecule has 3 heteroatoms. The van der Waals surface area contributed by atoms with Crippen molar-refractivity contribution in [2.45, 2.75) is 33.2 Å². The van der Waals surface area contributed by atoms with Gasteiger partial charge >= 0.3 is 0 Å². The molecule has 0 spiro atoms. The van der Waals surface area contributed by atoms with E-state index >= 15 is 0 Å². The molecular formula is C9H17NO2.